The lowest BCUT2D eigenvalue weighted by Crippen LogP contribution is -2.43. The monoisotopic (exact) mass is 414 g/mol. The van der Waals surface area contributed by atoms with Gasteiger partial charge in [-0.25, -0.2) is 4.98 Å². The van der Waals surface area contributed by atoms with Crippen LogP contribution >= 0.6 is 0 Å². The standard InChI is InChI=1S/C24H38N4O2/c1-6-26(7-2)15-17-28(18-16-27(8-3)9-4)24(29)21-19-23(30-10-5)25-22-14-12-11-13-20(21)22/h11-14,19H,6-10,15-18H2,1-5H3. The van der Waals surface area contributed by atoms with Crippen molar-refractivity contribution in [2.45, 2.75) is 34.6 Å². The fraction of sp³-hybridized carbons (Fsp3) is 0.583. The summed E-state index contributed by atoms with van der Waals surface area (Å²) in [6, 6.07) is 9.61. The van der Waals surface area contributed by atoms with Gasteiger partial charge in [0.15, 0.2) is 0 Å². The Labute approximate surface area is 181 Å². The molecule has 2 aromatic rings. The summed E-state index contributed by atoms with van der Waals surface area (Å²) >= 11 is 0. The number of pyridine rings is 1. The van der Waals surface area contributed by atoms with Crippen LogP contribution in [0.4, 0.5) is 0 Å². The number of carbonyl (C=O) groups is 1. The van der Waals surface area contributed by atoms with Gasteiger partial charge in [-0.2, -0.15) is 0 Å². The summed E-state index contributed by atoms with van der Waals surface area (Å²) in [4.78, 5) is 25.0. The molecule has 0 N–H and O–H groups in total. The van der Waals surface area contributed by atoms with Crippen LogP contribution in [0.5, 0.6) is 5.88 Å². The van der Waals surface area contributed by atoms with Crippen molar-refractivity contribution in [3.05, 3.63) is 35.9 Å². The van der Waals surface area contributed by atoms with Gasteiger partial charge in [-0.3, -0.25) is 4.79 Å². The third-order valence-electron chi connectivity index (χ3n) is 5.66. The molecule has 0 radical (unpaired) electrons. The lowest BCUT2D eigenvalue weighted by molar-refractivity contribution is 0.0719. The van der Waals surface area contributed by atoms with Crippen molar-refractivity contribution in [3.8, 4) is 5.88 Å². The van der Waals surface area contributed by atoms with Crippen LogP contribution in [0.3, 0.4) is 0 Å². The maximum atomic E-state index is 13.7. The molecular weight excluding hydrogens is 376 g/mol. The van der Waals surface area contributed by atoms with E-state index in [-0.39, 0.29) is 5.91 Å². The Bertz CT molecular complexity index is 772. The molecule has 30 heavy (non-hydrogen) atoms. The van der Waals surface area contributed by atoms with Gasteiger partial charge in [0, 0.05) is 37.6 Å². The number of hydrogen-bond donors (Lipinski definition) is 0. The Morgan fingerprint density at radius 3 is 1.97 bits per heavy atom. The summed E-state index contributed by atoms with van der Waals surface area (Å²) in [7, 11) is 0. The van der Waals surface area contributed by atoms with Gasteiger partial charge in [0.1, 0.15) is 0 Å². The van der Waals surface area contributed by atoms with E-state index in [9.17, 15) is 4.79 Å². The van der Waals surface area contributed by atoms with E-state index >= 15 is 0 Å². The molecule has 166 valence electrons. The second kappa shape index (κ2) is 12.5. The van der Waals surface area contributed by atoms with Crippen LogP contribution in [-0.4, -0.2) is 84.6 Å². The zero-order chi connectivity index (χ0) is 21.9. The summed E-state index contributed by atoms with van der Waals surface area (Å²) in [5.74, 6) is 0.556. The van der Waals surface area contributed by atoms with Crippen LogP contribution in [0.1, 0.15) is 45.0 Å². The topological polar surface area (TPSA) is 48.9 Å². The Morgan fingerprint density at radius 1 is 0.867 bits per heavy atom. The number of amides is 1. The quantitative estimate of drug-likeness (QED) is 0.499. The van der Waals surface area contributed by atoms with E-state index in [4.69, 9.17) is 4.74 Å². The molecule has 1 aromatic carbocycles. The normalized spacial score (nSPS) is 11.4. The van der Waals surface area contributed by atoms with E-state index < -0.39 is 0 Å². The van der Waals surface area contributed by atoms with Crippen LogP contribution in [-0.2, 0) is 0 Å². The van der Waals surface area contributed by atoms with Crippen molar-refractivity contribution < 1.29 is 9.53 Å². The third-order valence-corrected chi connectivity index (χ3v) is 5.66. The minimum Gasteiger partial charge on any atom is -0.478 e. The predicted octanol–water partition coefficient (Wildman–Crippen LogP) is 3.76. The van der Waals surface area contributed by atoms with Crippen LogP contribution in [0.15, 0.2) is 30.3 Å². The number of rotatable bonds is 13. The maximum absolute atomic E-state index is 13.7. The van der Waals surface area contributed by atoms with Gasteiger partial charge < -0.3 is 19.4 Å². The Hall–Kier alpha value is -2.18. The number of ether oxygens (including phenoxy) is 1. The SMILES string of the molecule is CCOc1cc(C(=O)N(CCN(CC)CC)CCN(CC)CC)c2ccccc2n1. The molecule has 0 aliphatic carbocycles. The van der Waals surface area contributed by atoms with E-state index in [0.717, 1.165) is 50.2 Å². The molecule has 1 amide bonds. The average Bonchev–Trinajstić information content (AvgIpc) is 2.78. The van der Waals surface area contributed by atoms with Gasteiger partial charge in [-0.15, -0.1) is 0 Å². The molecule has 6 nitrogen and oxygen atoms in total. The van der Waals surface area contributed by atoms with Gasteiger partial charge in [-0.1, -0.05) is 45.9 Å². The summed E-state index contributed by atoms with van der Waals surface area (Å²) in [5, 5.41) is 0.877. The fourth-order valence-corrected chi connectivity index (χ4v) is 3.64. The molecule has 0 aliphatic heterocycles. The highest BCUT2D eigenvalue weighted by molar-refractivity contribution is 6.06. The first kappa shape index (κ1) is 24.1. The molecule has 0 fully saturated rings. The number of para-hydroxylation sites is 1. The molecule has 0 aliphatic rings. The van der Waals surface area contributed by atoms with Crippen LogP contribution < -0.4 is 4.74 Å². The van der Waals surface area contributed by atoms with Crippen LogP contribution in [0.2, 0.25) is 0 Å². The number of carbonyl (C=O) groups excluding carboxylic acids is 1. The smallest absolute Gasteiger partial charge is 0.254 e. The molecule has 1 heterocycles. The summed E-state index contributed by atoms with van der Waals surface area (Å²) in [6.07, 6.45) is 0. The fourth-order valence-electron chi connectivity index (χ4n) is 3.64. The average molecular weight is 415 g/mol. The van der Waals surface area contributed by atoms with Crippen LogP contribution in [0, 0.1) is 0 Å². The summed E-state index contributed by atoms with van der Waals surface area (Å²) in [6.45, 7) is 18.2. The number of aromatic nitrogens is 1. The van der Waals surface area contributed by atoms with Crippen molar-refractivity contribution in [1.82, 2.24) is 19.7 Å². The Balaban J connectivity index is 2.35. The first-order chi connectivity index (χ1) is 14.6. The maximum Gasteiger partial charge on any atom is 0.254 e. The number of hydrogen-bond acceptors (Lipinski definition) is 5. The zero-order valence-corrected chi connectivity index (χ0v) is 19.4. The molecular formula is C24H38N4O2. The van der Waals surface area contributed by atoms with Crippen molar-refractivity contribution >= 4 is 16.8 Å². The number of likely N-dealkylation sites (N-methyl/N-ethyl adjacent to an activating group) is 2. The lowest BCUT2D eigenvalue weighted by atomic mass is 10.1. The highest BCUT2D eigenvalue weighted by Gasteiger charge is 2.21. The second-order valence-corrected chi connectivity index (χ2v) is 7.30. The second-order valence-electron chi connectivity index (χ2n) is 7.30. The molecule has 0 spiro atoms. The van der Waals surface area contributed by atoms with Gasteiger partial charge in [0.05, 0.1) is 17.7 Å². The lowest BCUT2D eigenvalue weighted by Gasteiger charge is -2.29. The number of fused-ring (bicyclic) bond motifs is 1. The van der Waals surface area contributed by atoms with E-state index in [1.165, 1.54) is 0 Å². The third kappa shape index (κ3) is 6.41. The van der Waals surface area contributed by atoms with Crippen molar-refractivity contribution in [1.29, 1.82) is 0 Å². The summed E-state index contributed by atoms with van der Waals surface area (Å²) < 4.78 is 5.65. The van der Waals surface area contributed by atoms with Crippen molar-refractivity contribution in [2.24, 2.45) is 0 Å². The first-order valence-corrected chi connectivity index (χ1v) is 11.3. The van der Waals surface area contributed by atoms with Crippen molar-refractivity contribution in [3.63, 3.8) is 0 Å². The highest BCUT2D eigenvalue weighted by Crippen LogP contribution is 2.23. The Kier molecular flexibility index (Phi) is 10.0. The highest BCUT2D eigenvalue weighted by atomic mass is 16.5. The van der Waals surface area contributed by atoms with E-state index in [1.807, 2.05) is 36.1 Å². The van der Waals surface area contributed by atoms with E-state index in [2.05, 4.69) is 42.5 Å². The molecule has 0 bridgehead atoms. The minimum absolute atomic E-state index is 0.0499. The minimum atomic E-state index is 0.0499. The zero-order valence-electron chi connectivity index (χ0n) is 19.4. The Morgan fingerprint density at radius 2 is 1.43 bits per heavy atom. The van der Waals surface area contributed by atoms with Gasteiger partial charge in [-0.05, 0) is 39.2 Å². The van der Waals surface area contributed by atoms with Gasteiger partial charge in [0.25, 0.3) is 5.91 Å². The first-order valence-electron chi connectivity index (χ1n) is 11.3. The van der Waals surface area contributed by atoms with Gasteiger partial charge >= 0.3 is 0 Å². The number of nitrogens with zero attached hydrogens (tertiary/aromatic N) is 4. The molecule has 1 aromatic heterocycles. The van der Waals surface area contributed by atoms with Gasteiger partial charge in [0.2, 0.25) is 5.88 Å². The molecule has 2 rings (SSSR count). The molecule has 0 atom stereocenters. The van der Waals surface area contributed by atoms with Crippen molar-refractivity contribution in [2.75, 3.05) is 59.0 Å². The van der Waals surface area contributed by atoms with Crippen LogP contribution in [0.25, 0.3) is 10.9 Å². The number of benzene rings is 1. The van der Waals surface area contributed by atoms with E-state index in [1.54, 1.807) is 6.07 Å². The molecule has 0 unspecified atom stereocenters. The molecule has 0 saturated heterocycles. The van der Waals surface area contributed by atoms with E-state index in [0.29, 0.717) is 31.1 Å². The predicted molar refractivity (Wildman–Crippen MR) is 124 cm³/mol. The largest absolute Gasteiger partial charge is 0.478 e. The molecule has 6 heteroatoms. The molecule has 0 saturated carbocycles. The summed E-state index contributed by atoms with van der Waals surface area (Å²) in [5.41, 5.74) is 1.46.